The fraction of sp³-hybridized carbons (Fsp3) is 0.111. The van der Waals surface area contributed by atoms with Gasteiger partial charge in [0.2, 0.25) is 5.91 Å². The Morgan fingerprint density at radius 1 is 1.09 bits per heavy atom. The maximum Gasteiger partial charge on any atom is 0.246 e. The van der Waals surface area contributed by atoms with E-state index in [9.17, 15) is 4.79 Å². The number of carbonyl (C=O) groups is 1. The molecule has 0 atom stereocenters. The summed E-state index contributed by atoms with van der Waals surface area (Å²) < 4.78 is 6.71. The fourth-order valence-electron chi connectivity index (χ4n) is 2.25. The number of hydrogen-bond acceptors (Lipinski definition) is 3. The molecule has 0 aliphatic rings. The summed E-state index contributed by atoms with van der Waals surface area (Å²) in [5.74, 6) is 0.625. The summed E-state index contributed by atoms with van der Waals surface area (Å²) in [5.41, 5.74) is 2.79. The monoisotopic (exact) mass is 307 g/mol. The van der Waals surface area contributed by atoms with Crippen LogP contribution in [0.4, 0.5) is 5.69 Å². The molecular formula is C18H17N3O2. The first kappa shape index (κ1) is 14.8. The minimum absolute atomic E-state index is 0.127. The van der Waals surface area contributed by atoms with Gasteiger partial charge < -0.3 is 10.1 Å². The van der Waals surface area contributed by atoms with Gasteiger partial charge in [0.1, 0.15) is 12.3 Å². The van der Waals surface area contributed by atoms with Crippen LogP contribution in [0.2, 0.25) is 0 Å². The average Bonchev–Trinajstić information content (AvgIpc) is 3.04. The minimum Gasteiger partial charge on any atom is -0.497 e. The summed E-state index contributed by atoms with van der Waals surface area (Å²) in [6, 6.07) is 17.2. The Morgan fingerprint density at radius 3 is 2.52 bits per heavy atom. The number of nitrogens with one attached hydrogen (secondary N) is 1. The smallest absolute Gasteiger partial charge is 0.246 e. The zero-order valence-electron chi connectivity index (χ0n) is 12.8. The van der Waals surface area contributed by atoms with Crippen molar-refractivity contribution in [3.8, 4) is 16.9 Å². The van der Waals surface area contributed by atoms with Crippen LogP contribution in [0, 0.1) is 0 Å². The number of aromatic nitrogens is 2. The van der Waals surface area contributed by atoms with Crippen molar-refractivity contribution in [1.29, 1.82) is 0 Å². The molecule has 0 bridgehead atoms. The Kier molecular flexibility index (Phi) is 4.38. The SMILES string of the molecule is COc1ccc(NC(=O)Cn2cc(-c3ccccc3)cn2)cc1. The zero-order valence-corrected chi connectivity index (χ0v) is 12.8. The summed E-state index contributed by atoms with van der Waals surface area (Å²) in [5, 5.41) is 7.07. The molecule has 0 unspecified atom stereocenters. The Balaban J connectivity index is 1.63. The van der Waals surface area contributed by atoms with Gasteiger partial charge in [0.15, 0.2) is 0 Å². The van der Waals surface area contributed by atoms with E-state index in [-0.39, 0.29) is 12.5 Å². The molecule has 1 aromatic heterocycles. The van der Waals surface area contributed by atoms with E-state index in [4.69, 9.17) is 4.74 Å². The lowest BCUT2D eigenvalue weighted by molar-refractivity contribution is -0.116. The van der Waals surface area contributed by atoms with Gasteiger partial charge in [-0.2, -0.15) is 5.10 Å². The quantitative estimate of drug-likeness (QED) is 0.787. The predicted molar refractivity (Wildman–Crippen MR) is 89.3 cm³/mol. The Bertz CT molecular complexity index is 780. The van der Waals surface area contributed by atoms with Gasteiger partial charge in [-0.05, 0) is 29.8 Å². The number of ether oxygens (including phenoxy) is 1. The third-order valence-corrected chi connectivity index (χ3v) is 3.42. The van der Waals surface area contributed by atoms with Gasteiger partial charge in [0.05, 0.1) is 13.3 Å². The van der Waals surface area contributed by atoms with Crippen LogP contribution in [0.15, 0.2) is 67.0 Å². The van der Waals surface area contributed by atoms with E-state index in [1.165, 1.54) is 0 Å². The molecule has 3 rings (SSSR count). The van der Waals surface area contributed by atoms with Crippen molar-refractivity contribution in [1.82, 2.24) is 9.78 Å². The lowest BCUT2D eigenvalue weighted by atomic mass is 10.1. The first-order valence-electron chi connectivity index (χ1n) is 7.26. The molecule has 1 N–H and O–H groups in total. The maximum absolute atomic E-state index is 12.1. The third kappa shape index (κ3) is 3.77. The Labute approximate surface area is 134 Å². The van der Waals surface area contributed by atoms with Crippen LogP contribution in [-0.2, 0) is 11.3 Å². The van der Waals surface area contributed by atoms with E-state index in [0.717, 1.165) is 22.6 Å². The molecule has 1 heterocycles. The van der Waals surface area contributed by atoms with Gasteiger partial charge >= 0.3 is 0 Å². The lowest BCUT2D eigenvalue weighted by Crippen LogP contribution is -2.18. The van der Waals surface area contributed by atoms with E-state index in [2.05, 4.69) is 10.4 Å². The van der Waals surface area contributed by atoms with Crippen LogP contribution in [-0.4, -0.2) is 22.8 Å². The number of hydrogen-bond donors (Lipinski definition) is 1. The van der Waals surface area contributed by atoms with E-state index < -0.39 is 0 Å². The molecule has 0 aliphatic heterocycles. The topological polar surface area (TPSA) is 56.1 Å². The molecule has 23 heavy (non-hydrogen) atoms. The largest absolute Gasteiger partial charge is 0.497 e. The maximum atomic E-state index is 12.1. The van der Waals surface area contributed by atoms with Crippen LogP contribution < -0.4 is 10.1 Å². The van der Waals surface area contributed by atoms with Crippen LogP contribution in [0.1, 0.15) is 0 Å². The molecular weight excluding hydrogens is 290 g/mol. The molecule has 0 aliphatic carbocycles. The van der Waals surface area contributed by atoms with Crippen molar-refractivity contribution < 1.29 is 9.53 Å². The van der Waals surface area contributed by atoms with Crippen LogP contribution in [0.3, 0.4) is 0 Å². The fourth-order valence-corrected chi connectivity index (χ4v) is 2.25. The summed E-state index contributed by atoms with van der Waals surface area (Å²) >= 11 is 0. The minimum atomic E-state index is -0.127. The molecule has 0 spiro atoms. The van der Waals surface area contributed by atoms with Gasteiger partial charge in [0.25, 0.3) is 0 Å². The van der Waals surface area contributed by atoms with Crippen LogP contribution in [0.5, 0.6) is 5.75 Å². The van der Waals surface area contributed by atoms with Crippen LogP contribution in [0.25, 0.3) is 11.1 Å². The molecule has 0 radical (unpaired) electrons. The molecule has 0 saturated heterocycles. The highest BCUT2D eigenvalue weighted by Crippen LogP contribution is 2.18. The number of benzene rings is 2. The molecule has 1 amide bonds. The number of amides is 1. The van der Waals surface area contributed by atoms with Crippen molar-refractivity contribution in [2.45, 2.75) is 6.54 Å². The highest BCUT2D eigenvalue weighted by molar-refractivity contribution is 5.90. The second-order valence-corrected chi connectivity index (χ2v) is 5.07. The first-order valence-corrected chi connectivity index (χ1v) is 7.26. The summed E-state index contributed by atoms with van der Waals surface area (Å²) in [7, 11) is 1.61. The van der Waals surface area contributed by atoms with Crippen LogP contribution >= 0.6 is 0 Å². The Morgan fingerprint density at radius 2 is 1.83 bits per heavy atom. The molecule has 0 fully saturated rings. The standard InChI is InChI=1S/C18H17N3O2/c1-23-17-9-7-16(8-10-17)20-18(22)13-21-12-15(11-19-21)14-5-3-2-4-6-14/h2-12H,13H2,1H3,(H,20,22). The van der Waals surface area contributed by atoms with E-state index in [1.54, 1.807) is 42.3 Å². The van der Waals surface area contributed by atoms with Crippen molar-refractivity contribution in [2.75, 3.05) is 12.4 Å². The summed E-state index contributed by atoms with van der Waals surface area (Å²) in [6.07, 6.45) is 3.62. The summed E-state index contributed by atoms with van der Waals surface area (Å²) in [4.78, 5) is 12.1. The van der Waals surface area contributed by atoms with E-state index in [1.807, 2.05) is 36.5 Å². The highest BCUT2D eigenvalue weighted by Gasteiger charge is 2.06. The molecule has 0 saturated carbocycles. The van der Waals surface area contributed by atoms with Crippen molar-refractivity contribution >= 4 is 11.6 Å². The second-order valence-electron chi connectivity index (χ2n) is 5.07. The van der Waals surface area contributed by atoms with Gasteiger partial charge in [-0.1, -0.05) is 30.3 Å². The normalized spacial score (nSPS) is 10.3. The molecule has 116 valence electrons. The molecule has 5 nitrogen and oxygen atoms in total. The summed E-state index contributed by atoms with van der Waals surface area (Å²) in [6.45, 7) is 0.166. The Hall–Kier alpha value is -3.08. The highest BCUT2D eigenvalue weighted by atomic mass is 16.5. The number of nitrogens with zero attached hydrogens (tertiary/aromatic N) is 2. The molecule has 2 aromatic carbocycles. The number of carbonyl (C=O) groups excluding carboxylic acids is 1. The van der Waals surface area contributed by atoms with E-state index in [0.29, 0.717) is 0 Å². The number of anilines is 1. The van der Waals surface area contributed by atoms with Crippen molar-refractivity contribution in [3.63, 3.8) is 0 Å². The number of rotatable bonds is 5. The van der Waals surface area contributed by atoms with E-state index >= 15 is 0 Å². The van der Waals surface area contributed by atoms with Gasteiger partial charge in [-0.3, -0.25) is 9.48 Å². The predicted octanol–water partition coefficient (Wildman–Crippen LogP) is 3.20. The number of methoxy groups -OCH3 is 1. The molecule has 5 heteroatoms. The van der Waals surface area contributed by atoms with Gasteiger partial charge in [0, 0.05) is 17.4 Å². The zero-order chi connectivity index (χ0) is 16.1. The first-order chi connectivity index (χ1) is 11.2. The average molecular weight is 307 g/mol. The second kappa shape index (κ2) is 6.79. The van der Waals surface area contributed by atoms with Crippen molar-refractivity contribution in [2.24, 2.45) is 0 Å². The van der Waals surface area contributed by atoms with Crippen molar-refractivity contribution in [3.05, 3.63) is 67.0 Å². The molecule has 3 aromatic rings. The van der Waals surface area contributed by atoms with Gasteiger partial charge in [-0.15, -0.1) is 0 Å². The van der Waals surface area contributed by atoms with Gasteiger partial charge in [-0.25, -0.2) is 0 Å². The third-order valence-electron chi connectivity index (χ3n) is 3.42. The lowest BCUT2D eigenvalue weighted by Gasteiger charge is -2.06.